The second-order valence-electron chi connectivity index (χ2n) is 6.66. The molecule has 3 fully saturated rings. The largest absolute Gasteiger partial charge is 0.465 e. The number of rotatable bonds is 3. The zero-order valence-corrected chi connectivity index (χ0v) is 12.5. The van der Waals surface area contributed by atoms with E-state index in [1.54, 1.807) is 0 Å². The van der Waals surface area contributed by atoms with Crippen LogP contribution >= 0.6 is 0 Å². The Morgan fingerprint density at radius 2 is 1.85 bits per heavy atom. The average molecular weight is 280 g/mol. The summed E-state index contributed by atoms with van der Waals surface area (Å²) in [5.41, 5.74) is 0. The van der Waals surface area contributed by atoms with E-state index in [0.717, 1.165) is 25.9 Å². The number of carbonyl (C=O) groups is 1. The summed E-state index contributed by atoms with van der Waals surface area (Å²) in [6.45, 7) is 5.08. The van der Waals surface area contributed by atoms with Gasteiger partial charge in [0.2, 0.25) is 0 Å². The van der Waals surface area contributed by atoms with Gasteiger partial charge in [-0.2, -0.15) is 0 Å². The summed E-state index contributed by atoms with van der Waals surface area (Å²) in [6.07, 6.45) is 8.39. The smallest absolute Gasteiger partial charge is 0.309 e. The first kappa shape index (κ1) is 14.3. The van der Waals surface area contributed by atoms with E-state index in [1.165, 1.54) is 45.2 Å². The van der Waals surface area contributed by atoms with E-state index in [0.29, 0.717) is 18.6 Å². The van der Waals surface area contributed by atoms with Crippen LogP contribution in [-0.4, -0.2) is 49.7 Å². The number of ether oxygens (including phenoxy) is 1. The van der Waals surface area contributed by atoms with Crippen molar-refractivity contribution in [3.05, 3.63) is 0 Å². The first-order valence-corrected chi connectivity index (χ1v) is 8.46. The molecule has 4 heteroatoms. The van der Waals surface area contributed by atoms with E-state index in [-0.39, 0.29) is 11.9 Å². The quantitative estimate of drug-likeness (QED) is 0.800. The molecule has 3 aliphatic heterocycles. The third-order valence-corrected chi connectivity index (χ3v) is 5.34. The van der Waals surface area contributed by atoms with E-state index in [1.807, 2.05) is 0 Å². The van der Waals surface area contributed by atoms with E-state index in [4.69, 9.17) is 4.74 Å². The van der Waals surface area contributed by atoms with Gasteiger partial charge in [0.25, 0.3) is 0 Å². The van der Waals surface area contributed by atoms with Gasteiger partial charge in [0.1, 0.15) is 0 Å². The predicted molar refractivity (Wildman–Crippen MR) is 78.5 cm³/mol. The van der Waals surface area contributed by atoms with Gasteiger partial charge in [-0.3, -0.25) is 9.69 Å². The summed E-state index contributed by atoms with van der Waals surface area (Å²) < 4.78 is 5.68. The molecule has 4 nitrogen and oxygen atoms in total. The third kappa shape index (κ3) is 3.34. The molecule has 0 amide bonds. The number of nitrogens with one attached hydrogen (secondary N) is 1. The Morgan fingerprint density at radius 1 is 1.05 bits per heavy atom. The maximum atomic E-state index is 12.1. The lowest BCUT2D eigenvalue weighted by atomic mass is 9.84. The van der Waals surface area contributed by atoms with Crippen molar-refractivity contribution in [3.63, 3.8) is 0 Å². The fraction of sp³-hybridized carbons (Fsp3) is 0.938. The molecule has 0 aliphatic carbocycles. The standard InChI is InChI=1S/C16H28N2O2/c19-16(13-6-8-17-9-7-13)20-12-14-4-3-11-18-10-2-1-5-15(14)18/h13-15,17H,1-12H2/t14-,15+/m1/s1. The molecule has 0 bridgehead atoms. The molecular formula is C16H28N2O2. The molecule has 20 heavy (non-hydrogen) atoms. The Morgan fingerprint density at radius 3 is 2.70 bits per heavy atom. The number of hydrogen-bond acceptors (Lipinski definition) is 4. The minimum absolute atomic E-state index is 0.0550. The van der Waals surface area contributed by atoms with Crippen molar-refractivity contribution >= 4 is 5.97 Å². The van der Waals surface area contributed by atoms with Crippen LogP contribution in [0.15, 0.2) is 0 Å². The van der Waals surface area contributed by atoms with Crippen molar-refractivity contribution in [2.75, 3.05) is 32.8 Å². The fourth-order valence-electron chi connectivity index (χ4n) is 4.14. The number of carbonyl (C=O) groups excluding carboxylic acids is 1. The van der Waals surface area contributed by atoms with Gasteiger partial charge >= 0.3 is 5.97 Å². The molecular weight excluding hydrogens is 252 g/mol. The molecule has 0 aromatic heterocycles. The highest BCUT2D eigenvalue weighted by Gasteiger charge is 2.34. The van der Waals surface area contributed by atoms with Crippen molar-refractivity contribution < 1.29 is 9.53 Å². The van der Waals surface area contributed by atoms with Gasteiger partial charge in [-0.15, -0.1) is 0 Å². The topological polar surface area (TPSA) is 41.6 Å². The van der Waals surface area contributed by atoms with Gasteiger partial charge in [0.15, 0.2) is 0 Å². The molecule has 0 saturated carbocycles. The lowest BCUT2D eigenvalue weighted by molar-refractivity contribution is -0.152. The first-order chi connectivity index (χ1) is 9.84. The molecule has 1 N–H and O–H groups in total. The number of esters is 1. The second-order valence-corrected chi connectivity index (χ2v) is 6.66. The van der Waals surface area contributed by atoms with Crippen molar-refractivity contribution in [2.45, 2.75) is 51.0 Å². The van der Waals surface area contributed by atoms with E-state index in [2.05, 4.69) is 10.2 Å². The summed E-state index contributed by atoms with van der Waals surface area (Å²) in [5.74, 6) is 0.774. The molecule has 2 atom stereocenters. The predicted octanol–water partition coefficient (Wildman–Crippen LogP) is 1.79. The average Bonchev–Trinajstić information content (AvgIpc) is 2.53. The van der Waals surface area contributed by atoms with Gasteiger partial charge < -0.3 is 10.1 Å². The normalized spacial score (nSPS) is 32.6. The molecule has 3 rings (SSSR count). The van der Waals surface area contributed by atoms with E-state index < -0.39 is 0 Å². The van der Waals surface area contributed by atoms with Crippen molar-refractivity contribution in [1.29, 1.82) is 0 Å². The molecule has 3 heterocycles. The fourth-order valence-corrected chi connectivity index (χ4v) is 4.14. The van der Waals surface area contributed by atoms with Crippen LogP contribution in [0.3, 0.4) is 0 Å². The second kappa shape index (κ2) is 6.90. The van der Waals surface area contributed by atoms with Gasteiger partial charge in [0, 0.05) is 12.0 Å². The molecule has 0 unspecified atom stereocenters. The number of nitrogens with zero attached hydrogens (tertiary/aromatic N) is 1. The van der Waals surface area contributed by atoms with Crippen molar-refractivity contribution in [1.82, 2.24) is 10.2 Å². The summed E-state index contributed by atoms with van der Waals surface area (Å²) in [7, 11) is 0. The number of piperidine rings is 3. The highest BCUT2D eigenvalue weighted by molar-refractivity contribution is 5.72. The van der Waals surface area contributed by atoms with Gasteiger partial charge in [0.05, 0.1) is 12.5 Å². The third-order valence-electron chi connectivity index (χ3n) is 5.34. The lowest BCUT2D eigenvalue weighted by Gasteiger charge is -2.44. The Kier molecular flexibility index (Phi) is 4.94. The maximum absolute atomic E-state index is 12.1. The Labute approximate surface area is 122 Å². The zero-order valence-electron chi connectivity index (χ0n) is 12.5. The SMILES string of the molecule is O=C(OC[C@H]1CCCN2CCCC[C@@H]12)C1CCNCC1. The van der Waals surface area contributed by atoms with Crippen LogP contribution in [0.5, 0.6) is 0 Å². The highest BCUT2D eigenvalue weighted by atomic mass is 16.5. The lowest BCUT2D eigenvalue weighted by Crippen LogP contribution is -2.49. The van der Waals surface area contributed by atoms with Crippen LogP contribution in [0.1, 0.15) is 44.9 Å². The summed E-state index contributed by atoms with van der Waals surface area (Å²) in [6, 6.07) is 0.679. The molecule has 0 radical (unpaired) electrons. The van der Waals surface area contributed by atoms with Crippen LogP contribution in [0.4, 0.5) is 0 Å². The van der Waals surface area contributed by atoms with Crippen LogP contribution < -0.4 is 5.32 Å². The van der Waals surface area contributed by atoms with Gasteiger partial charge in [-0.1, -0.05) is 6.42 Å². The number of hydrogen-bond donors (Lipinski definition) is 1. The van der Waals surface area contributed by atoms with Gasteiger partial charge in [-0.05, 0) is 64.7 Å². The first-order valence-electron chi connectivity index (χ1n) is 8.46. The molecule has 0 aromatic carbocycles. The zero-order chi connectivity index (χ0) is 13.8. The highest BCUT2D eigenvalue weighted by Crippen LogP contribution is 2.31. The van der Waals surface area contributed by atoms with Crippen molar-refractivity contribution in [3.8, 4) is 0 Å². The van der Waals surface area contributed by atoms with Crippen molar-refractivity contribution in [2.24, 2.45) is 11.8 Å². The molecule has 0 aromatic rings. The molecule has 0 spiro atoms. The molecule has 3 aliphatic rings. The number of fused-ring (bicyclic) bond motifs is 1. The molecule has 114 valence electrons. The summed E-state index contributed by atoms with van der Waals surface area (Å²) in [5, 5.41) is 3.30. The van der Waals surface area contributed by atoms with Crippen LogP contribution in [0, 0.1) is 11.8 Å². The van der Waals surface area contributed by atoms with Gasteiger partial charge in [-0.25, -0.2) is 0 Å². The van der Waals surface area contributed by atoms with E-state index >= 15 is 0 Å². The summed E-state index contributed by atoms with van der Waals surface area (Å²) >= 11 is 0. The van der Waals surface area contributed by atoms with Crippen LogP contribution in [0.25, 0.3) is 0 Å². The Hall–Kier alpha value is -0.610. The minimum atomic E-state index is 0.0550. The monoisotopic (exact) mass is 280 g/mol. The van der Waals surface area contributed by atoms with Crippen LogP contribution in [-0.2, 0) is 9.53 Å². The molecule has 3 saturated heterocycles. The van der Waals surface area contributed by atoms with Crippen LogP contribution in [0.2, 0.25) is 0 Å². The maximum Gasteiger partial charge on any atom is 0.309 e. The Bertz CT molecular complexity index is 326. The summed E-state index contributed by atoms with van der Waals surface area (Å²) in [4.78, 5) is 14.8. The Balaban J connectivity index is 1.48. The van der Waals surface area contributed by atoms with E-state index in [9.17, 15) is 4.79 Å². The minimum Gasteiger partial charge on any atom is -0.465 e.